The van der Waals surface area contributed by atoms with Crippen LogP contribution in [0.25, 0.3) is 0 Å². The minimum atomic E-state index is -4.93. The van der Waals surface area contributed by atoms with E-state index in [0.717, 1.165) is 20.7 Å². The molecule has 0 amide bonds. The SMILES string of the molecule is FC(F)(F)C1CCNC(C(F)(F)F)CC[N]([Ti])C(C(F)(F)F)CCNC(C(F)(F)F)CCN1. The number of hydrogen-bond donors (Lipinski definition) is 3. The van der Waals surface area contributed by atoms with Crippen molar-refractivity contribution in [3.63, 3.8) is 0 Å². The van der Waals surface area contributed by atoms with E-state index < -0.39 is 101 Å². The Morgan fingerprint density at radius 2 is 0.848 bits per heavy atom. The molecule has 0 spiro atoms. The summed E-state index contributed by atoms with van der Waals surface area (Å²) in [6.45, 7) is -3.17. The third-order valence-corrected chi connectivity index (χ3v) is 5.89. The Bertz CT molecular complexity index is 578. The molecule has 4 atom stereocenters. The summed E-state index contributed by atoms with van der Waals surface area (Å²) in [5.74, 6) is 0. The third kappa shape index (κ3) is 10.9. The van der Waals surface area contributed by atoms with E-state index in [4.69, 9.17) is 0 Å². The molecule has 4 nitrogen and oxygen atoms in total. The van der Waals surface area contributed by atoms with E-state index in [-0.39, 0.29) is 0 Å². The summed E-state index contributed by atoms with van der Waals surface area (Å²) in [7, 11) is 0. The van der Waals surface area contributed by atoms with Crippen molar-refractivity contribution in [2.24, 2.45) is 0 Å². The molecule has 1 heterocycles. The van der Waals surface area contributed by atoms with Crippen LogP contribution in [0.15, 0.2) is 0 Å². The maximum absolute atomic E-state index is 13.4. The normalized spacial score (nSPS) is 29.7. The molecule has 0 aromatic rings. The molecule has 1 saturated heterocycles. The third-order valence-electron chi connectivity index (χ3n) is 5.05. The fourth-order valence-corrected chi connectivity index (χ4v) is 3.89. The van der Waals surface area contributed by atoms with Gasteiger partial charge < -0.3 is 0 Å². The van der Waals surface area contributed by atoms with Crippen LogP contribution in [-0.2, 0) is 20.7 Å². The minimum absolute atomic E-state index is 0.552. The molecule has 33 heavy (non-hydrogen) atoms. The Balaban J connectivity index is 3.10. The molecule has 0 aromatic heterocycles. The van der Waals surface area contributed by atoms with Gasteiger partial charge in [0.05, 0.1) is 0 Å². The zero-order chi connectivity index (χ0) is 25.7. The Hall–Kier alpha value is -0.286. The second kappa shape index (κ2) is 12.1. The van der Waals surface area contributed by atoms with Crippen LogP contribution in [0.5, 0.6) is 0 Å². The van der Waals surface area contributed by atoms with Crippen LogP contribution < -0.4 is 16.0 Å². The van der Waals surface area contributed by atoms with Crippen LogP contribution in [-0.4, -0.2) is 78.4 Å². The number of hydrogen-bond acceptors (Lipinski definition) is 4. The quantitative estimate of drug-likeness (QED) is 0.319. The molecule has 1 fully saturated rings. The molecule has 3 N–H and O–H groups in total. The summed E-state index contributed by atoms with van der Waals surface area (Å²) in [6, 6.07) is -9.39. The summed E-state index contributed by atoms with van der Waals surface area (Å²) in [5, 5.41) is 5.63. The number of alkyl halides is 12. The van der Waals surface area contributed by atoms with Crippen molar-refractivity contribution in [2.45, 2.75) is 74.6 Å². The maximum atomic E-state index is 13.4. The molecule has 0 aliphatic carbocycles. The molecule has 1 rings (SSSR count). The zero-order valence-corrected chi connectivity index (χ0v) is 18.5. The fraction of sp³-hybridized carbons (Fsp3) is 1.00. The average Bonchev–Trinajstić information content (AvgIpc) is 2.59. The van der Waals surface area contributed by atoms with Crippen LogP contribution in [0.3, 0.4) is 0 Å². The monoisotopic (exact) mass is 547 g/mol. The standard InChI is InChI=1S/C16H23F12N4.Ti/c17-13(18,19)9-1-5-29-10(14(20,21)22)3-7-31-12(16(26,27)28)4-8-32-11(2-6-30-9)15(23,24)25;/h9-12,29-31H,1-8H2;/q-1;+1. The van der Waals surface area contributed by atoms with Crippen molar-refractivity contribution in [3.05, 3.63) is 0 Å². The van der Waals surface area contributed by atoms with Gasteiger partial charge in [0.1, 0.15) is 0 Å². The molecule has 17 heteroatoms. The Morgan fingerprint density at radius 3 is 1.18 bits per heavy atom. The van der Waals surface area contributed by atoms with Crippen LogP contribution >= 0.6 is 0 Å². The van der Waals surface area contributed by atoms with Gasteiger partial charge in [-0.3, -0.25) is 0 Å². The number of nitrogens with one attached hydrogen (secondary N) is 3. The van der Waals surface area contributed by atoms with Crippen LogP contribution in [0.4, 0.5) is 52.7 Å². The second-order valence-corrected chi connectivity index (χ2v) is 8.45. The summed E-state index contributed by atoms with van der Waals surface area (Å²) in [5.41, 5.74) is 0. The van der Waals surface area contributed by atoms with Crippen molar-refractivity contribution >= 4 is 0 Å². The molecule has 0 aromatic carbocycles. The molecular formula is C16H23F12N4Ti. The van der Waals surface area contributed by atoms with Gasteiger partial charge in [-0.1, -0.05) is 0 Å². The van der Waals surface area contributed by atoms with Gasteiger partial charge in [-0.05, 0) is 0 Å². The van der Waals surface area contributed by atoms with Crippen molar-refractivity contribution < 1.29 is 73.4 Å². The van der Waals surface area contributed by atoms with Gasteiger partial charge >= 0.3 is 193 Å². The van der Waals surface area contributed by atoms with E-state index in [1.807, 2.05) is 16.0 Å². The number of rotatable bonds is 0. The van der Waals surface area contributed by atoms with Crippen molar-refractivity contribution in [1.82, 2.24) is 19.3 Å². The molecule has 195 valence electrons. The number of nitrogens with zero attached hydrogens (tertiary/aromatic N) is 1. The number of halogens is 12. The molecule has 0 saturated carbocycles. The van der Waals surface area contributed by atoms with Gasteiger partial charge in [-0.2, -0.15) is 0 Å². The van der Waals surface area contributed by atoms with Gasteiger partial charge in [-0.15, -0.1) is 0 Å². The molecule has 0 radical (unpaired) electrons. The molecule has 1 aliphatic rings. The molecule has 1 aliphatic heterocycles. The van der Waals surface area contributed by atoms with E-state index in [0.29, 0.717) is 3.38 Å². The van der Waals surface area contributed by atoms with Gasteiger partial charge in [0, 0.05) is 0 Å². The first-order valence-electron chi connectivity index (χ1n) is 9.78. The summed E-state index contributed by atoms with van der Waals surface area (Å²) in [4.78, 5) is 0. The zero-order valence-electron chi connectivity index (χ0n) is 16.9. The van der Waals surface area contributed by atoms with E-state index in [2.05, 4.69) is 0 Å². The van der Waals surface area contributed by atoms with E-state index in [1.165, 1.54) is 0 Å². The van der Waals surface area contributed by atoms with Crippen LogP contribution in [0, 0.1) is 0 Å². The van der Waals surface area contributed by atoms with Gasteiger partial charge in [-0.25, -0.2) is 0 Å². The molecular weight excluding hydrogens is 524 g/mol. The van der Waals surface area contributed by atoms with Crippen molar-refractivity contribution in [3.8, 4) is 0 Å². The predicted molar refractivity (Wildman–Crippen MR) is 88.6 cm³/mol. The van der Waals surface area contributed by atoms with Crippen LogP contribution in [0.1, 0.15) is 25.7 Å². The van der Waals surface area contributed by atoms with E-state index in [1.54, 1.807) is 0 Å². The summed E-state index contributed by atoms with van der Waals surface area (Å²) in [6.07, 6.45) is -23.3. The average molecular weight is 547 g/mol. The van der Waals surface area contributed by atoms with E-state index in [9.17, 15) is 52.7 Å². The van der Waals surface area contributed by atoms with Crippen molar-refractivity contribution in [1.29, 1.82) is 0 Å². The Kier molecular flexibility index (Phi) is 11.3. The van der Waals surface area contributed by atoms with Crippen LogP contribution in [0.2, 0.25) is 0 Å². The van der Waals surface area contributed by atoms with Gasteiger partial charge in [0.25, 0.3) is 0 Å². The van der Waals surface area contributed by atoms with Crippen molar-refractivity contribution in [2.75, 3.05) is 26.2 Å². The van der Waals surface area contributed by atoms with E-state index >= 15 is 0 Å². The molecule has 4 unspecified atom stereocenters. The Morgan fingerprint density at radius 1 is 0.515 bits per heavy atom. The second-order valence-electron chi connectivity index (χ2n) is 7.55. The van der Waals surface area contributed by atoms with Gasteiger partial charge in [0.15, 0.2) is 0 Å². The molecule has 0 bridgehead atoms. The van der Waals surface area contributed by atoms with Gasteiger partial charge in [0.2, 0.25) is 0 Å². The first-order valence-corrected chi connectivity index (χ1v) is 10.5. The topological polar surface area (TPSA) is 39.3 Å². The predicted octanol–water partition coefficient (Wildman–Crippen LogP) is 3.82. The summed E-state index contributed by atoms with van der Waals surface area (Å²) >= 11 is 0.888. The fourth-order valence-electron chi connectivity index (χ4n) is 3.26. The Labute approximate surface area is 193 Å². The first kappa shape index (κ1) is 30.7. The summed E-state index contributed by atoms with van der Waals surface area (Å²) < 4.78 is 159. The first-order chi connectivity index (χ1) is 14.8.